The molecule has 0 aliphatic carbocycles. The zero-order valence-corrected chi connectivity index (χ0v) is 12.3. The van der Waals surface area contributed by atoms with Crippen LogP contribution in [0.4, 0.5) is 10.5 Å². The number of nitrogens with one attached hydrogen (secondary N) is 2. The second-order valence-corrected chi connectivity index (χ2v) is 6.12. The molecular formula is C14H20ClN3O. The van der Waals surface area contributed by atoms with Crippen molar-refractivity contribution in [3.63, 3.8) is 0 Å². The van der Waals surface area contributed by atoms with Crippen LogP contribution < -0.4 is 10.6 Å². The minimum atomic E-state index is -0.0654. The molecule has 0 bridgehead atoms. The average Bonchev–Trinajstić information content (AvgIpc) is 2.35. The van der Waals surface area contributed by atoms with E-state index in [4.69, 9.17) is 11.6 Å². The van der Waals surface area contributed by atoms with Gasteiger partial charge in [-0.15, -0.1) is 0 Å². The molecule has 19 heavy (non-hydrogen) atoms. The van der Waals surface area contributed by atoms with E-state index in [0.717, 1.165) is 12.2 Å². The van der Waals surface area contributed by atoms with E-state index in [2.05, 4.69) is 24.5 Å². The smallest absolute Gasteiger partial charge is 0.319 e. The van der Waals surface area contributed by atoms with Crippen LogP contribution in [0.15, 0.2) is 24.3 Å². The molecule has 1 aliphatic heterocycles. The van der Waals surface area contributed by atoms with Crippen LogP contribution >= 0.6 is 11.6 Å². The SMILES string of the molecule is CC1CNC(C)(C)CN1C(=O)Nc1ccc(Cl)cc1. The Labute approximate surface area is 119 Å². The predicted octanol–water partition coefficient (Wildman–Crippen LogP) is 2.94. The minimum absolute atomic E-state index is 0.0517. The Balaban J connectivity index is 2.04. The van der Waals surface area contributed by atoms with Crippen molar-refractivity contribution in [1.82, 2.24) is 10.2 Å². The summed E-state index contributed by atoms with van der Waals surface area (Å²) in [5.74, 6) is 0. The van der Waals surface area contributed by atoms with Gasteiger partial charge in [-0.3, -0.25) is 0 Å². The van der Waals surface area contributed by atoms with Crippen molar-refractivity contribution in [2.24, 2.45) is 0 Å². The van der Waals surface area contributed by atoms with Gasteiger partial charge in [-0.05, 0) is 45.0 Å². The van der Waals surface area contributed by atoms with Crippen LogP contribution in [-0.4, -0.2) is 35.6 Å². The number of carbonyl (C=O) groups is 1. The average molecular weight is 282 g/mol. The maximum absolute atomic E-state index is 12.3. The first-order chi connectivity index (χ1) is 8.87. The van der Waals surface area contributed by atoms with Crippen LogP contribution in [0.2, 0.25) is 5.02 Å². The van der Waals surface area contributed by atoms with Crippen molar-refractivity contribution in [2.45, 2.75) is 32.4 Å². The summed E-state index contributed by atoms with van der Waals surface area (Å²) in [4.78, 5) is 14.2. The van der Waals surface area contributed by atoms with E-state index in [0.29, 0.717) is 11.6 Å². The summed E-state index contributed by atoms with van der Waals surface area (Å²) >= 11 is 5.83. The molecule has 4 nitrogen and oxygen atoms in total. The fourth-order valence-electron chi connectivity index (χ4n) is 2.17. The number of hydrogen-bond acceptors (Lipinski definition) is 2. The molecule has 1 unspecified atom stereocenters. The predicted molar refractivity (Wildman–Crippen MR) is 78.7 cm³/mol. The van der Waals surface area contributed by atoms with Gasteiger partial charge in [0.05, 0.1) is 0 Å². The summed E-state index contributed by atoms with van der Waals surface area (Å²) in [7, 11) is 0. The molecule has 1 aromatic rings. The maximum Gasteiger partial charge on any atom is 0.322 e. The van der Waals surface area contributed by atoms with E-state index >= 15 is 0 Å². The molecule has 0 radical (unpaired) electrons. The molecule has 1 fully saturated rings. The molecule has 1 atom stereocenters. The standard InChI is InChI=1S/C14H20ClN3O/c1-10-8-16-14(2,3)9-18(10)13(19)17-12-6-4-11(15)5-7-12/h4-7,10,16H,8-9H2,1-3H3,(H,17,19). The Morgan fingerprint density at radius 3 is 2.68 bits per heavy atom. The molecular weight excluding hydrogens is 262 g/mol. The number of hydrogen-bond donors (Lipinski definition) is 2. The number of urea groups is 1. The molecule has 1 aliphatic rings. The summed E-state index contributed by atoms with van der Waals surface area (Å²) in [6.07, 6.45) is 0. The largest absolute Gasteiger partial charge is 0.322 e. The summed E-state index contributed by atoms with van der Waals surface area (Å²) in [6, 6.07) is 7.26. The number of amides is 2. The number of rotatable bonds is 1. The molecule has 5 heteroatoms. The second kappa shape index (κ2) is 5.39. The van der Waals surface area contributed by atoms with Crippen LogP contribution in [0.1, 0.15) is 20.8 Å². The lowest BCUT2D eigenvalue weighted by molar-refractivity contribution is 0.130. The number of halogens is 1. The Kier molecular flexibility index (Phi) is 4.02. The third-order valence-corrected chi connectivity index (χ3v) is 3.58. The summed E-state index contributed by atoms with van der Waals surface area (Å²) in [5, 5.41) is 6.99. The molecule has 1 heterocycles. The first-order valence-corrected chi connectivity index (χ1v) is 6.83. The van der Waals surface area contributed by atoms with Crippen molar-refractivity contribution >= 4 is 23.3 Å². The number of benzene rings is 1. The van der Waals surface area contributed by atoms with Crippen LogP contribution in [0.25, 0.3) is 0 Å². The quantitative estimate of drug-likeness (QED) is 0.831. The molecule has 2 amide bonds. The van der Waals surface area contributed by atoms with Gasteiger partial charge in [-0.2, -0.15) is 0 Å². The van der Waals surface area contributed by atoms with E-state index < -0.39 is 0 Å². The Morgan fingerprint density at radius 1 is 1.42 bits per heavy atom. The van der Waals surface area contributed by atoms with E-state index in [1.165, 1.54) is 0 Å². The molecule has 0 aromatic heterocycles. The van der Waals surface area contributed by atoms with Crippen LogP contribution in [0.3, 0.4) is 0 Å². The lowest BCUT2D eigenvalue weighted by Gasteiger charge is -2.43. The molecule has 2 rings (SSSR count). The normalized spacial score (nSPS) is 22.1. The highest BCUT2D eigenvalue weighted by Gasteiger charge is 2.33. The highest BCUT2D eigenvalue weighted by molar-refractivity contribution is 6.30. The molecule has 2 N–H and O–H groups in total. The van der Waals surface area contributed by atoms with Crippen molar-refractivity contribution in [3.05, 3.63) is 29.3 Å². The zero-order chi connectivity index (χ0) is 14.0. The maximum atomic E-state index is 12.3. The highest BCUT2D eigenvalue weighted by Crippen LogP contribution is 2.18. The van der Waals surface area contributed by atoms with Crippen LogP contribution in [0, 0.1) is 0 Å². The van der Waals surface area contributed by atoms with Crippen molar-refractivity contribution in [3.8, 4) is 0 Å². The molecule has 104 valence electrons. The first kappa shape index (κ1) is 14.2. The Hall–Kier alpha value is -1.26. The van der Waals surface area contributed by atoms with E-state index in [1.807, 2.05) is 11.8 Å². The van der Waals surface area contributed by atoms with Gasteiger partial charge in [-0.1, -0.05) is 11.6 Å². The Bertz CT molecular complexity index is 458. The second-order valence-electron chi connectivity index (χ2n) is 5.68. The molecule has 0 saturated carbocycles. The minimum Gasteiger partial charge on any atom is -0.319 e. The van der Waals surface area contributed by atoms with Gasteiger partial charge in [0.2, 0.25) is 0 Å². The zero-order valence-electron chi connectivity index (χ0n) is 11.5. The molecule has 0 spiro atoms. The third-order valence-electron chi connectivity index (χ3n) is 3.33. The third kappa shape index (κ3) is 3.61. The van der Waals surface area contributed by atoms with Crippen molar-refractivity contribution in [2.75, 3.05) is 18.4 Å². The van der Waals surface area contributed by atoms with Gasteiger partial charge in [0.25, 0.3) is 0 Å². The van der Waals surface area contributed by atoms with Gasteiger partial charge < -0.3 is 15.5 Å². The lowest BCUT2D eigenvalue weighted by atomic mass is 10.00. The molecule has 1 aromatic carbocycles. The van der Waals surface area contributed by atoms with E-state index in [9.17, 15) is 4.79 Å². The van der Waals surface area contributed by atoms with Crippen molar-refractivity contribution < 1.29 is 4.79 Å². The topological polar surface area (TPSA) is 44.4 Å². The van der Waals surface area contributed by atoms with Crippen LogP contribution in [0.5, 0.6) is 0 Å². The fourth-order valence-corrected chi connectivity index (χ4v) is 2.30. The van der Waals surface area contributed by atoms with Gasteiger partial charge in [0.1, 0.15) is 0 Å². The monoisotopic (exact) mass is 281 g/mol. The van der Waals surface area contributed by atoms with E-state index in [1.54, 1.807) is 24.3 Å². The van der Waals surface area contributed by atoms with Gasteiger partial charge in [0.15, 0.2) is 0 Å². The lowest BCUT2D eigenvalue weighted by Crippen LogP contribution is -2.62. The van der Waals surface area contributed by atoms with Gasteiger partial charge >= 0.3 is 6.03 Å². The Morgan fingerprint density at radius 2 is 2.05 bits per heavy atom. The van der Waals surface area contributed by atoms with Gasteiger partial charge in [-0.25, -0.2) is 4.79 Å². The number of anilines is 1. The molecule has 1 saturated heterocycles. The van der Waals surface area contributed by atoms with Gasteiger partial charge in [0, 0.05) is 35.4 Å². The fraction of sp³-hybridized carbons (Fsp3) is 0.500. The summed E-state index contributed by atoms with van der Waals surface area (Å²) < 4.78 is 0. The number of nitrogens with zero attached hydrogens (tertiary/aromatic N) is 1. The van der Waals surface area contributed by atoms with Crippen LogP contribution in [-0.2, 0) is 0 Å². The summed E-state index contributed by atoms with van der Waals surface area (Å²) in [6.45, 7) is 7.74. The van der Waals surface area contributed by atoms with Crippen molar-refractivity contribution in [1.29, 1.82) is 0 Å². The van der Waals surface area contributed by atoms with E-state index in [-0.39, 0.29) is 17.6 Å². The summed E-state index contributed by atoms with van der Waals surface area (Å²) in [5.41, 5.74) is 0.710. The first-order valence-electron chi connectivity index (χ1n) is 6.46. The highest BCUT2D eigenvalue weighted by atomic mass is 35.5. The number of carbonyl (C=O) groups excluding carboxylic acids is 1. The number of piperazine rings is 1.